The lowest BCUT2D eigenvalue weighted by atomic mass is 10.1. The highest BCUT2D eigenvalue weighted by Gasteiger charge is 2.31. The third-order valence-electron chi connectivity index (χ3n) is 3.91. The van der Waals surface area contributed by atoms with Gasteiger partial charge in [-0.15, -0.1) is 0 Å². The first-order chi connectivity index (χ1) is 10.3. The molecule has 2 aromatic rings. The van der Waals surface area contributed by atoms with Crippen molar-refractivity contribution >= 4 is 5.91 Å². The van der Waals surface area contributed by atoms with Crippen LogP contribution in [0.2, 0.25) is 0 Å². The normalized spacial score (nSPS) is 18.0. The van der Waals surface area contributed by atoms with Crippen molar-refractivity contribution in [1.82, 2.24) is 9.88 Å². The van der Waals surface area contributed by atoms with E-state index in [1.54, 1.807) is 13.3 Å². The molecular formula is C17H18N2O2. The minimum atomic E-state index is 0.133. The molecule has 0 spiro atoms. The van der Waals surface area contributed by atoms with E-state index in [-0.39, 0.29) is 11.9 Å². The zero-order chi connectivity index (χ0) is 14.7. The van der Waals surface area contributed by atoms with Gasteiger partial charge in [0.25, 0.3) is 0 Å². The van der Waals surface area contributed by atoms with Gasteiger partial charge in [-0.25, -0.2) is 0 Å². The first-order valence-corrected chi connectivity index (χ1v) is 7.10. The van der Waals surface area contributed by atoms with Crippen molar-refractivity contribution in [2.24, 2.45) is 0 Å². The maximum atomic E-state index is 12.2. The number of rotatable bonds is 4. The van der Waals surface area contributed by atoms with Crippen LogP contribution in [0.25, 0.3) is 0 Å². The van der Waals surface area contributed by atoms with Gasteiger partial charge in [0.2, 0.25) is 5.91 Å². The van der Waals surface area contributed by atoms with E-state index < -0.39 is 0 Å². The van der Waals surface area contributed by atoms with Crippen LogP contribution in [0.15, 0.2) is 48.8 Å². The van der Waals surface area contributed by atoms with E-state index in [9.17, 15) is 4.79 Å². The molecule has 0 radical (unpaired) electrons. The number of hydrogen-bond acceptors (Lipinski definition) is 3. The maximum absolute atomic E-state index is 12.2. The van der Waals surface area contributed by atoms with E-state index in [1.165, 1.54) is 0 Å². The number of ether oxygens (including phenoxy) is 1. The smallest absolute Gasteiger partial charge is 0.223 e. The standard InChI is InChI=1S/C17H18N2O2/c1-21-15-6-4-13(5-7-15)12-19-16(8-9-17(19)20)14-3-2-10-18-11-14/h2-7,10-11,16H,8-9,12H2,1H3/t16-/m0/s1. The van der Waals surface area contributed by atoms with Crippen LogP contribution in [0.5, 0.6) is 5.75 Å². The SMILES string of the molecule is COc1ccc(CN2C(=O)CC[C@H]2c2cccnc2)cc1. The molecule has 1 amide bonds. The van der Waals surface area contributed by atoms with Gasteiger partial charge < -0.3 is 9.64 Å². The zero-order valence-electron chi connectivity index (χ0n) is 12.0. The topological polar surface area (TPSA) is 42.4 Å². The van der Waals surface area contributed by atoms with Crippen molar-refractivity contribution in [3.05, 3.63) is 59.9 Å². The quantitative estimate of drug-likeness (QED) is 0.866. The molecule has 21 heavy (non-hydrogen) atoms. The van der Waals surface area contributed by atoms with E-state index in [1.807, 2.05) is 47.5 Å². The third-order valence-corrected chi connectivity index (χ3v) is 3.91. The molecule has 0 unspecified atom stereocenters. The number of likely N-dealkylation sites (tertiary alicyclic amines) is 1. The summed E-state index contributed by atoms with van der Waals surface area (Å²) in [4.78, 5) is 18.3. The molecule has 4 nitrogen and oxygen atoms in total. The second-order valence-electron chi connectivity index (χ2n) is 5.21. The summed E-state index contributed by atoms with van der Waals surface area (Å²) in [5.74, 6) is 1.04. The van der Waals surface area contributed by atoms with E-state index in [0.717, 1.165) is 23.3 Å². The molecule has 1 aliphatic heterocycles. The molecule has 1 saturated heterocycles. The fourth-order valence-electron chi connectivity index (χ4n) is 2.78. The molecule has 1 aliphatic rings. The highest BCUT2D eigenvalue weighted by Crippen LogP contribution is 2.33. The van der Waals surface area contributed by atoms with Crippen LogP contribution in [0.1, 0.15) is 30.0 Å². The Bertz CT molecular complexity index is 610. The number of nitrogens with zero attached hydrogens (tertiary/aromatic N) is 2. The third kappa shape index (κ3) is 2.89. The fourth-order valence-corrected chi connectivity index (χ4v) is 2.78. The summed E-state index contributed by atoms with van der Waals surface area (Å²) in [6.45, 7) is 0.627. The van der Waals surface area contributed by atoms with Gasteiger partial charge in [0.05, 0.1) is 13.2 Å². The minimum Gasteiger partial charge on any atom is -0.497 e. The van der Waals surface area contributed by atoms with Gasteiger partial charge in [-0.3, -0.25) is 9.78 Å². The number of pyridine rings is 1. The van der Waals surface area contributed by atoms with Gasteiger partial charge in [0.15, 0.2) is 0 Å². The van der Waals surface area contributed by atoms with Gasteiger partial charge in [0.1, 0.15) is 5.75 Å². The summed E-state index contributed by atoms with van der Waals surface area (Å²) in [6, 6.07) is 12.0. The molecule has 2 heterocycles. The number of aromatic nitrogens is 1. The first kappa shape index (κ1) is 13.6. The molecule has 0 aliphatic carbocycles. The van der Waals surface area contributed by atoms with Crippen molar-refractivity contribution in [2.45, 2.75) is 25.4 Å². The summed E-state index contributed by atoms with van der Waals surface area (Å²) in [6.07, 6.45) is 5.08. The molecule has 1 aromatic heterocycles. The Morgan fingerprint density at radius 2 is 2.10 bits per heavy atom. The molecule has 1 fully saturated rings. The molecule has 0 saturated carbocycles. The Morgan fingerprint density at radius 1 is 1.29 bits per heavy atom. The summed E-state index contributed by atoms with van der Waals surface area (Å²) < 4.78 is 5.16. The second kappa shape index (κ2) is 5.95. The van der Waals surface area contributed by atoms with Crippen LogP contribution in [-0.4, -0.2) is 22.9 Å². The van der Waals surface area contributed by atoms with Crippen molar-refractivity contribution < 1.29 is 9.53 Å². The van der Waals surface area contributed by atoms with E-state index in [2.05, 4.69) is 4.98 Å². The lowest BCUT2D eigenvalue weighted by molar-refractivity contribution is -0.129. The Balaban J connectivity index is 1.79. The monoisotopic (exact) mass is 282 g/mol. The first-order valence-electron chi connectivity index (χ1n) is 7.10. The van der Waals surface area contributed by atoms with Crippen molar-refractivity contribution in [1.29, 1.82) is 0 Å². The van der Waals surface area contributed by atoms with E-state index in [0.29, 0.717) is 13.0 Å². The summed E-state index contributed by atoms with van der Waals surface area (Å²) in [5, 5.41) is 0. The number of methoxy groups -OCH3 is 1. The Hall–Kier alpha value is -2.36. The molecule has 108 valence electrons. The largest absolute Gasteiger partial charge is 0.497 e. The van der Waals surface area contributed by atoms with Gasteiger partial charge in [-0.05, 0) is 35.7 Å². The average Bonchev–Trinajstić information content (AvgIpc) is 2.90. The van der Waals surface area contributed by atoms with Crippen LogP contribution >= 0.6 is 0 Å². The van der Waals surface area contributed by atoms with Crippen LogP contribution in [0, 0.1) is 0 Å². The van der Waals surface area contributed by atoms with Gasteiger partial charge in [0, 0.05) is 25.4 Å². The second-order valence-corrected chi connectivity index (χ2v) is 5.21. The van der Waals surface area contributed by atoms with Crippen molar-refractivity contribution in [3.8, 4) is 5.75 Å². The van der Waals surface area contributed by atoms with Gasteiger partial charge in [-0.2, -0.15) is 0 Å². The molecule has 0 bridgehead atoms. The lowest BCUT2D eigenvalue weighted by Gasteiger charge is -2.25. The molecule has 1 atom stereocenters. The molecule has 3 rings (SSSR count). The Labute approximate surface area is 124 Å². The minimum absolute atomic E-state index is 0.133. The van der Waals surface area contributed by atoms with Gasteiger partial charge >= 0.3 is 0 Å². The van der Waals surface area contributed by atoms with Crippen molar-refractivity contribution in [3.63, 3.8) is 0 Å². The Kier molecular flexibility index (Phi) is 3.86. The summed E-state index contributed by atoms with van der Waals surface area (Å²) >= 11 is 0. The zero-order valence-corrected chi connectivity index (χ0v) is 12.0. The highest BCUT2D eigenvalue weighted by molar-refractivity contribution is 5.79. The number of hydrogen-bond donors (Lipinski definition) is 0. The molecule has 4 heteroatoms. The summed E-state index contributed by atoms with van der Waals surface area (Å²) in [5.41, 5.74) is 2.22. The number of carbonyl (C=O) groups is 1. The average molecular weight is 282 g/mol. The predicted molar refractivity (Wildman–Crippen MR) is 79.8 cm³/mol. The van der Waals surface area contributed by atoms with Crippen LogP contribution < -0.4 is 4.74 Å². The summed E-state index contributed by atoms with van der Waals surface area (Å²) in [7, 11) is 1.65. The number of amides is 1. The number of carbonyl (C=O) groups excluding carboxylic acids is 1. The van der Waals surface area contributed by atoms with Crippen LogP contribution in [0.4, 0.5) is 0 Å². The maximum Gasteiger partial charge on any atom is 0.223 e. The molecule has 1 aromatic carbocycles. The van der Waals surface area contributed by atoms with Crippen molar-refractivity contribution in [2.75, 3.05) is 7.11 Å². The van der Waals surface area contributed by atoms with Gasteiger partial charge in [-0.1, -0.05) is 18.2 Å². The lowest BCUT2D eigenvalue weighted by Crippen LogP contribution is -2.27. The molecule has 0 N–H and O–H groups in total. The fraction of sp³-hybridized carbons (Fsp3) is 0.294. The predicted octanol–water partition coefficient (Wildman–Crippen LogP) is 2.95. The molecular weight excluding hydrogens is 264 g/mol. The van der Waals surface area contributed by atoms with Crippen LogP contribution in [0.3, 0.4) is 0 Å². The highest BCUT2D eigenvalue weighted by atomic mass is 16.5. The van der Waals surface area contributed by atoms with E-state index >= 15 is 0 Å². The Morgan fingerprint density at radius 3 is 2.76 bits per heavy atom. The van der Waals surface area contributed by atoms with Crippen LogP contribution in [-0.2, 0) is 11.3 Å². The number of benzene rings is 1. The van der Waals surface area contributed by atoms with E-state index in [4.69, 9.17) is 4.74 Å².